The molecule has 2 aromatic rings. The van der Waals surface area contributed by atoms with E-state index in [9.17, 15) is 18.4 Å². The molecular weight excluding hydrogens is 538 g/mol. The van der Waals surface area contributed by atoms with Crippen LogP contribution in [-0.2, 0) is 19.9 Å². The van der Waals surface area contributed by atoms with Gasteiger partial charge in [-0.2, -0.15) is 0 Å². The third-order valence-electron chi connectivity index (χ3n) is 6.92. The molecule has 2 saturated heterocycles. The van der Waals surface area contributed by atoms with Gasteiger partial charge in [-0.25, -0.2) is 8.78 Å². The zero-order valence-electron chi connectivity index (χ0n) is 23.5. The standard InChI is InChI=1S/C20H27F2NO2.C5H4ClN.C5H8N2O/c1-4-6-7-14(5-2)19(24)23-11-13(3)20(18(12-23)25-20)15-8-9-16(21)17(22)10-15;6-5-2-1-3-7-4-5;1-4(6)2-3-5(7)8/h8-10,13-14,18H,4-7,11-12H2,1-3H3;1-4H;2-3,6H,1H3,(H2,7,8)/b;;3-2-,6-4?. The Bertz CT molecular complexity index is 1160. The van der Waals surface area contributed by atoms with Crippen molar-refractivity contribution < 1.29 is 23.1 Å². The van der Waals surface area contributed by atoms with Gasteiger partial charge in [0, 0.05) is 42.6 Å². The number of unbranched alkanes of at least 4 members (excludes halogenated alkanes) is 1. The van der Waals surface area contributed by atoms with Crippen LogP contribution in [0.2, 0.25) is 5.02 Å². The summed E-state index contributed by atoms with van der Waals surface area (Å²) in [7, 11) is 0. The fourth-order valence-electron chi connectivity index (χ4n) is 4.77. The number of hydrogen-bond donors (Lipinski definition) is 2. The van der Waals surface area contributed by atoms with E-state index in [2.05, 4.69) is 18.8 Å². The van der Waals surface area contributed by atoms with E-state index in [-0.39, 0.29) is 23.8 Å². The molecule has 40 heavy (non-hydrogen) atoms. The molecule has 3 N–H and O–H groups in total. The number of amides is 2. The van der Waals surface area contributed by atoms with E-state index in [0.29, 0.717) is 29.4 Å². The Hall–Kier alpha value is -3.17. The van der Waals surface area contributed by atoms with Crippen molar-refractivity contribution in [2.24, 2.45) is 17.6 Å². The molecule has 0 saturated carbocycles. The van der Waals surface area contributed by atoms with E-state index in [1.54, 1.807) is 37.5 Å². The minimum Gasteiger partial charge on any atom is -0.366 e. The Morgan fingerprint density at radius 2 is 1.98 bits per heavy atom. The monoisotopic (exact) mass is 576 g/mol. The summed E-state index contributed by atoms with van der Waals surface area (Å²) < 4.78 is 32.8. The van der Waals surface area contributed by atoms with Gasteiger partial charge in [-0.15, -0.1) is 0 Å². The van der Waals surface area contributed by atoms with Gasteiger partial charge in [-0.3, -0.25) is 14.6 Å². The van der Waals surface area contributed by atoms with Crippen LogP contribution in [0.1, 0.15) is 58.9 Å². The number of nitrogens with zero attached hydrogens (tertiary/aromatic N) is 2. The summed E-state index contributed by atoms with van der Waals surface area (Å²) in [6, 6.07) is 7.57. The molecule has 2 fully saturated rings. The number of aromatic nitrogens is 1. The Labute approximate surface area is 240 Å². The van der Waals surface area contributed by atoms with E-state index in [4.69, 9.17) is 27.5 Å². The third-order valence-corrected chi connectivity index (χ3v) is 7.15. The maximum atomic E-state index is 13.6. The number of hydrogen-bond acceptors (Lipinski definition) is 5. The lowest BCUT2D eigenvalue weighted by Crippen LogP contribution is -2.48. The first kappa shape index (κ1) is 33.0. The van der Waals surface area contributed by atoms with Crippen molar-refractivity contribution in [3.8, 4) is 0 Å². The molecule has 3 heterocycles. The van der Waals surface area contributed by atoms with Crippen molar-refractivity contribution in [2.75, 3.05) is 13.1 Å². The zero-order chi connectivity index (χ0) is 29.9. The molecule has 0 spiro atoms. The molecule has 4 rings (SSSR count). The Balaban J connectivity index is 0.000000305. The Morgan fingerprint density at radius 1 is 1.25 bits per heavy atom. The van der Waals surface area contributed by atoms with Gasteiger partial charge in [0.25, 0.3) is 0 Å². The molecule has 2 aliphatic rings. The molecule has 0 aliphatic carbocycles. The van der Waals surface area contributed by atoms with Gasteiger partial charge in [0.15, 0.2) is 11.6 Å². The number of nitrogens with two attached hydrogens (primary N) is 1. The summed E-state index contributed by atoms with van der Waals surface area (Å²) in [5, 5.41) is 7.48. The lowest BCUT2D eigenvalue weighted by molar-refractivity contribution is -0.137. The van der Waals surface area contributed by atoms with Gasteiger partial charge in [0.2, 0.25) is 11.8 Å². The van der Waals surface area contributed by atoms with Gasteiger partial charge in [0.1, 0.15) is 11.7 Å². The first-order valence-corrected chi connectivity index (χ1v) is 13.8. The van der Waals surface area contributed by atoms with Gasteiger partial charge in [0.05, 0.1) is 11.6 Å². The highest BCUT2D eigenvalue weighted by Crippen LogP contribution is 2.55. The minimum absolute atomic E-state index is 0.0451. The number of fused-ring (bicyclic) bond motifs is 1. The highest BCUT2D eigenvalue weighted by Gasteiger charge is 2.64. The van der Waals surface area contributed by atoms with Crippen molar-refractivity contribution in [3.05, 3.63) is 77.1 Å². The largest absolute Gasteiger partial charge is 0.366 e. The number of benzene rings is 1. The highest BCUT2D eigenvalue weighted by molar-refractivity contribution is 6.30. The van der Waals surface area contributed by atoms with Crippen molar-refractivity contribution in [1.82, 2.24) is 9.88 Å². The minimum atomic E-state index is -0.850. The number of primary amides is 1. The number of nitrogens with one attached hydrogen (secondary N) is 1. The lowest BCUT2D eigenvalue weighted by atomic mass is 9.80. The van der Waals surface area contributed by atoms with Crippen molar-refractivity contribution in [1.29, 1.82) is 5.41 Å². The predicted octanol–water partition coefficient (Wildman–Crippen LogP) is 6.06. The Morgan fingerprint density at radius 3 is 2.42 bits per heavy atom. The number of likely N-dealkylation sites (tertiary alicyclic amines) is 1. The van der Waals surface area contributed by atoms with Gasteiger partial charge in [-0.05, 0) is 55.7 Å². The average Bonchev–Trinajstić information content (AvgIpc) is 3.67. The number of halogens is 3. The molecule has 10 heteroatoms. The van der Waals surface area contributed by atoms with Crippen molar-refractivity contribution in [3.63, 3.8) is 0 Å². The molecule has 4 unspecified atom stereocenters. The van der Waals surface area contributed by atoms with Crippen LogP contribution in [0, 0.1) is 28.9 Å². The van der Waals surface area contributed by atoms with Crippen molar-refractivity contribution in [2.45, 2.75) is 65.1 Å². The van der Waals surface area contributed by atoms with Gasteiger partial charge < -0.3 is 20.8 Å². The molecule has 2 aliphatic heterocycles. The summed E-state index contributed by atoms with van der Waals surface area (Å²) in [6.07, 6.45) is 9.59. The van der Waals surface area contributed by atoms with Crippen LogP contribution in [0.3, 0.4) is 0 Å². The average molecular weight is 577 g/mol. The normalized spacial score (nSPS) is 21.7. The van der Waals surface area contributed by atoms with Crippen LogP contribution in [0.15, 0.2) is 54.9 Å². The number of ether oxygens (including phenoxy) is 1. The summed E-state index contributed by atoms with van der Waals surface area (Å²) >= 11 is 5.48. The molecular formula is C30H39ClF2N4O3. The van der Waals surface area contributed by atoms with Gasteiger partial charge >= 0.3 is 0 Å². The number of piperidine rings is 1. The number of epoxide rings is 1. The van der Waals surface area contributed by atoms with Crippen LogP contribution in [0.5, 0.6) is 0 Å². The summed E-state index contributed by atoms with van der Waals surface area (Å²) in [5.41, 5.74) is 5.14. The fourth-order valence-corrected chi connectivity index (χ4v) is 4.90. The van der Waals surface area contributed by atoms with Crippen LogP contribution in [0.4, 0.5) is 8.78 Å². The van der Waals surface area contributed by atoms with E-state index in [1.807, 2.05) is 11.8 Å². The fraction of sp³-hybridized carbons (Fsp3) is 0.467. The molecule has 1 aromatic carbocycles. The smallest absolute Gasteiger partial charge is 0.241 e. The molecule has 2 amide bonds. The summed E-state index contributed by atoms with van der Waals surface area (Å²) in [5.74, 6) is -1.89. The van der Waals surface area contributed by atoms with E-state index in [0.717, 1.165) is 37.8 Å². The predicted molar refractivity (Wildman–Crippen MR) is 153 cm³/mol. The number of carbonyl (C=O) groups is 2. The molecule has 4 atom stereocenters. The summed E-state index contributed by atoms with van der Waals surface area (Å²) in [4.78, 5) is 28.4. The van der Waals surface area contributed by atoms with Crippen LogP contribution in [0.25, 0.3) is 0 Å². The quantitative estimate of drug-likeness (QED) is 0.226. The number of pyridine rings is 1. The maximum Gasteiger partial charge on any atom is 0.241 e. The third kappa shape index (κ3) is 9.20. The Kier molecular flexibility index (Phi) is 12.9. The molecule has 1 aromatic heterocycles. The topological polar surface area (TPSA) is 113 Å². The van der Waals surface area contributed by atoms with Crippen LogP contribution < -0.4 is 5.73 Å². The number of allylic oxidation sites excluding steroid dienone is 1. The first-order valence-electron chi connectivity index (χ1n) is 13.5. The SMILES string of the molecule is CC(=N)/C=C\C(N)=O.CCCCC(CC)C(=O)N1CC(C)C2(c3ccc(F)c(F)c3)OC2C1.Clc1cccnc1. The van der Waals surface area contributed by atoms with Crippen LogP contribution >= 0.6 is 11.6 Å². The molecule has 7 nitrogen and oxygen atoms in total. The zero-order valence-corrected chi connectivity index (χ0v) is 24.3. The maximum absolute atomic E-state index is 13.6. The second-order valence-corrected chi connectivity index (χ2v) is 10.4. The highest BCUT2D eigenvalue weighted by atomic mass is 35.5. The molecule has 0 bridgehead atoms. The number of carbonyl (C=O) groups excluding carboxylic acids is 2. The lowest BCUT2D eigenvalue weighted by Gasteiger charge is -2.35. The second-order valence-electron chi connectivity index (χ2n) is 10.0. The summed E-state index contributed by atoms with van der Waals surface area (Å²) in [6.45, 7) is 8.91. The second kappa shape index (κ2) is 15.6. The molecule has 218 valence electrons. The first-order chi connectivity index (χ1) is 19.0. The van der Waals surface area contributed by atoms with Crippen LogP contribution in [-0.4, -0.2) is 46.6 Å². The van der Waals surface area contributed by atoms with E-state index in [1.165, 1.54) is 12.1 Å². The van der Waals surface area contributed by atoms with Crippen molar-refractivity contribution >= 4 is 29.1 Å². The number of rotatable bonds is 8. The van der Waals surface area contributed by atoms with Gasteiger partial charge in [-0.1, -0.05) is 51.3 Å². The van der Waals surface area contributed by atoms with E-state index < -0.39 is 23.1 Å². The van der Waals surface area contributed by atoms with E-state index >= 15 is 0 Å². The molecule has 0 radical (unpaired) electrons.